The van der Waals surface area contributed by atoms with Gasteiger partial charge in [-0.25, -0.2) is 0 Å². The van der Waals surface area contributed by atoms with Gasteiger partial charge in [-0.15, -0.1) is 5.11 Å². The molecule has 2 aromatic carbocycles. The second-order valence-electron chi connectivity index (χ2n) is 3.43. The predicted octanol–water partition coefficient (Wildman–Crippen LogP) is 4.66. The Kier molecular flexibility index (Phi) is 3.64. The molecular formula is C12H8ClN3O2. The highest BCUT2D eigenvalue weighted by Gasteiger charge is 2.13. The molecule has 0 aliphatic carbocycles. The summed E-state index contributed by atoms with van der Waals surface area (Å²) in [4.78, 5) is 10.3. The van der Waals surface area contributed by atoms with Gasteiger partial charge in [-0.2, -0.15) is 5.11 Å². The Labute approximate surface area is 108 Å². The number of nitro groups is 1. The Morgan fingerprint density at radius 3 is 2.44 bits per heavy atom. The van der Waals surface area contributed by atoms with Crippen LogP contribution >= 0.6 is 11.6 Å². The van der Waals surface area contributed by atoms with Crippen LogP contribution in [0.2, 0.25) is 5.02 Å². The summed E-state index contributed by atoms with van der Waals surface area (Å²) < 4.78 is 0. The molecule has 18 heavy (non-hydrogen) atoms. The molecule has 0 radical (unpaired) electrons. The lowest BCUT2D eigenvalue weighted by molar-refractivity contribution is -0.384. The van der Waals surface area contributed by atoms with Crippen LogP contribution in [0.15, 0.2) is 58.8 Å². The van der Waals surface area contributed by atoms with E-state index in [1.807, 2.05) is 6.07 Å². The second kappa shape index (κ2) is 5.37. The molecule has 0 bridgehead atoms. The first-order chi connectivity index (χ1) is 8.66. The van der Waals surface area contributed by atoms with Crippen molar-refractivity contribution in [1.29, 1.82) is 0 Å². The number of nitro benzene ring substituents is 1. The van der Waals surface area contributed by atoms with E-state index in [9.17, 15) is 10.1 Å². The van der Waals surface area contributed by atoms with Gasteiger partial charge in [-0.05, 0) is 24.3 Å². The topological polar surface area (TPSA) is 67.9 Å². The highest BCUT2D eigenvalue weighted by molar-refractivity contribution is 6.30. The zero-order valence-electron chi connectivity index (χ0n) is 9.15. The van der Waals surface area contributed by atoms with Crippen molar-refractivity contribution in [1.82, 2.24) is 0 Å². The first kappa shape index (κ1) is 12.2. The van der Waals surface area contributed by atoms with E-state index in [0.29, 0.717) is 10.7 Å². The third-order valence-electron chi connectivity index (χ3n) is 2.16. The minimum atomic E-state index is -0.518. The zero-order chi connectivity index (χ0) is 13.0. The van der Waals surface area contributed by atoms with Crippen molar-refractivity contribution in [2.24, 2.45) is 10.2 Å². The number of hydrogen-bond donors (Lipinski definition) is 0. The number of rotatable bonds is 3. The molecule has 0 saturated carbocycles. The third-order valence-corrected chi connectivity index (χ3v) is 2.40. The Morgan fingerprint density at radius 2 is 1.78 bits per heavy atom. The molecule has 0 saturated heterocycles. The van der Waals surface area contributed by atoms with E-state index >= 15 is 0 Å². The van der Waals surface area contributed by atoms with Gasteiger partial charge in [-0.3, -0.25) is 10.1 Å². The molecule has 5 nitrogen and oxygen atoms in total. The van der Waals surface area contributed by atoms with Crippen molar-refractivity contribution in [2.75, 3.05) is 0 Å². The van der Waals surface area contributed by atoms with Gasteiger partial charge in [0.05, 0.1) is 10.6 Å². The van der Waals surface area contributed by atoms with Crippen LogP contribution in [0.1, 0.15) is 0 Å². The minimum absolute atomic E-state index is 0.126. The highest BCUT2D eigenvalue weighted by Crippen LogP contribution is 2.31. The standard InChI is InChI=1S/C12H8ClN3O2/c13-9-6-7-12(16(17)18)11(8-9)15-14-10-4-2-1-3-5-10/h1-8H. The number of azo groups is 1. The largest absolute Gasteiger partial charge is 0.296 e. The van der Waals surface area contributed by atoms with Gasteiger partial charge in [-0.1, -0.05) is 29.8 Å². The van der Waals surface area contributed by atoms with Gasteiger partial charge in [0.15, 0.2) is 5.69 Å². The molecule has 2 aromatic rings. The molecular weight excluding hydrogens is 254 g/mol. The van der Waals surface area contributed by atoms with E-state index in [-0.39, 0.29) is 11.4 Å². The molecule has 0 N–H and O–H groups in total. The normalized spacial score (nSPS) is 10.7. The van der Waals surface area contributed by atoms with Crippen molar-refractivity contribution in [3.05, 3.63) is 63.7 Å². The quantitative estimate of drug-likeness (QED) is 0.458. The first-order valence-electron chi connectivity index (χ1n) is 5.07. The lowest BCUT2D eigenvalue weighted by Gasteiger charge is -1.97. The molecule has 0 fully saturated rings. The maximum Gasteiger partial charge on any atom is 0.296 e. The van der Waals surface area contributed by atoms with Gasteiger partial charge in [0, 0.05) is 11.1 Å². The lowest BCUT2D eigenvalue weighted by Crippen LogP contribution is -1.87. The van der Waals surface area contributed by atoms with Crippen molar-refractivity contribution in [3.8, 4) is 0 Å². The molecule has 0 unspecified atom stereocenters. The van der Waals surface area contributed by atoms with Crippen LogP contribution in [0, 0.1) is 10.1 Å². The molecule has 6 heteroatoms. The van der Waals surface area contributed by atoms with Crippen molar-refractivity contribution in [2.45, 2.75) is 0 Å². The van der Waals surface area contributed by atoms with E-state index < -0.39 is 4.92 Å². The smallest absolute Gasteiger partial charge is 0.258 e. The summed E-state index contributed by atoms with van der Waals surface area (Å²) >= 11 is 5.78. The molecule has 90 valence electrons. The summed E-state index contributed by atoms with van der Waals surface area (Å²) in [6.07, 6.45) is 0. The van der Waals surface area contributed by atoms with Gasteiger partial charge in [0.1, 0.15) is 0 Å². The van der Waals surface area contributed by atoms with E-state index in [4.69, 9.17) is 11.6 Å². The van der Waals surface area contributed by atoms with Crippen molar-refractivity contribution in [3.63, 3.8) is 0 Å². The second-order valence-corrected chi connectivity index (χ2v) is 3.86. The van der Waals surface area contributed by atoms with Gasteiger partial charge >= 0.3 is 0 Å². The molecule has 0 aromatic heterocycles. The highest BCUT2D eigenvalue weighted by atomic mass is 35.5. The maximum absolute atomic E-state index is 10.8. The van der Waals surface area contributed by atoms with Crippen LogP contribution in [0.25, 0.3) is 0 Å². The fourth-order valence-electron chi connectivity index (χ4n) is 1.34. The summed E-state index contributed by atoms with van der Waals surface area (Å²) in [5.74, 6) is 0. The lowest BCUT2D eigenvalue weighted by atomic mass is 10.3. The van der Waals surface area contributed by atoms with Gasteiger partial charge < -0.3 is 0 Å². The van der Waals surface area contributed by atoms with E-state index in [2.05, 4.69) is 10.2 Å². The summed E-state index contributed by atoms with van der Waals surface area (Å²) in [6, 6.07) is 13.1. The van der Waals surface area contributed by atoms with Gasteiger partial charge in [0.2, 0.25) is 0 Å². The number of halogens is 1. The minimum Gasteiger partial charge on any atom is -0.258 e. The molecule has 0 amide bonds. The summed E-state index contributed by atoms with van der Waals surface area (Å²) in [5.41, 5.74) is 0.627. The zero-order valence-corrected chi connectivity index (χ0v) is 9.91. The molecule has 0 atom stereocenters. The van der Waals surface area contributed by atoms with E-state index in [0.717, 1.165) is 0 Å². The van der Waals surface area contributed by atoms with E-state index in [1.54, 1.807) is 24.3 Å². The van der Waals surface area contributed by atoms with E-state index in [1.165, 1.54) is 18.2 Å². The SMILES string of the molecule is O=[N+]([O-])c1ccc(Cl)cc1N=Nc1ccccc1. The van der Waals surface area contributed by atoms with Gasteiger partial charge in [0.25, 0.3) is 5.69 Å². The Morgan fingerprint density at radius 1 is 1.06 bits per heavy atom. The third kappa shape index (κ3) is 2.89. The molecule has 0 aliphatic heterocycles. The number of hydrogen-bond acceptors (Lipinski definition) is 4. The molecule has 0 aliphatic rings. The Bertz CT molecular complexity index is 600. The van der Waals surface area contributed by atoms with Crippen LogP contribution < -0.4 is 0 Å². The number of benzene rings is 2. The maximum atomic E-state index is 10.8. The monoisotopic (exact) mass is 261 g/mol. The average molecular weight is 262 g/mol. The molecule has 0 heterocycles. The molecule has 2 rings (SSSR count). The average Bonchev–Trinajstić information content (AvgIpc) is 2.37. The first-order valence-corrected chi connectivity index (χ1v) is 5.45. The van der Waals surface area contributed by atoms with Crippen molar-refractivity contribution >= 4 is 28.7 Å². The fraction of sp³-hybridized carbons (Fsp3) is 0. The predicted molar refractivity (Wildman–Crippen MR) is 68.7 cm³/mol. The van der Waals surface area contributed by atoms with Crippen molar-refractivity contribution < 1.29 is 4.92 Å². The van der Waals surface area contributed by atoms with Crippen LogP contribution in [-0.4, -0.2) is 4.92 Å². The Balaban J connectivity index is 2.36. The Hall–Kier alpha value is -2.27. The van der Waals surface area contributed by atoms with Crippen LogP contribution in [0.5, 0.6) is 0 Å². The van der Waals surface area contributed by atoms with Crippen LogP contribution in [-0.2, 0) is 0 Å². The van der Waals surface area contributed by atoms with Crippen LogP contribution in [0.4, 0.5) is 17.1 Å². The summed E-state index contributed by atoms with van der Waals surface area (Å²) in [6.45, 7) is 0. The summed E-state index contributed by atoms with van der Waals surface area (Å²) in [7, 11) is 0. The fourth-order valence-corrected chi connectivity index (χ4v) is 1.50. The number of nitrogens with zero attached hydrogens (tertiary/aromatic N) is 3. The summed E-state index contributed by atoms with van der Waals surface area (Å²) in [5, 5.41) is 19.0. The molecule has 0 spiro atoms. The van der Waals surface area contributed by atoms with Crippen LogP contribution in [0.3, 0.4) is 0 Å².